The van der Waals surface area contributed by atoms with Crippen molar-refractivity contribution in [2.24, 2.45) is 34.5 Å². The lowest BCUT2D eigenvalue weighted by molar-refractivity contribution is -0.313. The minimum absolute atomic E-state index is 0.0103. The Morgan fingerprint density at radius 1 is 1.00 bits per heavy atom. The number of aliphatic hydroxyl groups is 3. The van der Waals surface area contributed by atoms with Gasteiger partial charge < -0.3 is 34.3 Å². The van der Waals surface area contributed by atoms with E-state index >= 15 is 0 Å². The van der Waals surface area contributed by atoms with Crippen molar-refractivity contribution in [1.29, 1.82) is 0 Å². The summed E-state index contributed by atoms with van der Waals surface area (Å²) in [6, 6.07) is 0. The summed E-state index contributed by atoms with van der Waals surface area (Å²) >= 11 is 0. The Morgan fingerprint density at radius 2 is 1.79 bits per heavy atom. The first-order chi connectivity index (χ1) is 18.0. The number of carbonyl (C=O) groups is 1. The zero-order valence-electron chi connectivity index (χ0n) is 23.3. The molecular weight excluding hydrogens is 488 g/mol. The van der Waals surface area contributed by atoms with E-state index in [4.69, 9.17) is 18.9 Å². The lowest BCUT2D eigenvalue weighted by atomic mass is 9.43. The van der Waals surface area contributed by atoms with Gasteiger partial charge in [-0.2, -0.15) is 0 Å². The Kier molecular flexibility index (Phi) is 6.80. The second-order valence-electron chi connectivity index (χ2n) is 13.7. The maximum Gasteiger partial charge on any atom is 0.331 e. The Labute approximate surface area is 226 Å². The molecule has 0 aromatic heterocycles. The van der Waals surface area contributed by atoms with Gasteiger partial charge in [0.2, 0.25) is 0 Å². The quantitative estimate of drug-likeness (QED) is 0.372. The molecule has 8 heteroatoms. The van der Waals surface area contributed by atoms with Gasteiger partial charge in [-0.15, -0.1) is 0 Å². The summed E-state index contributed by atoms with van der Waals surface area (Å²) < 4.78 is 22.8. The lowest BCUT2D eigenvalue weighted by Crippen LogP contribution is -2.62. The molecule has 4 aliphatic carbocycles. The van der Waals surface area contributed by atoms with Crippen LogP contribution in [-0.4, -0.2) is 77.4 Å². The predicted octanol–water partition coefficient (Wildman–Crippen LogP) is 3.11. The normalized spacial score (nSPS) is 54.5. The summed E-state index contributed by atoms with van der Waals surface area (Å²) in [7, 11) is 1.49. The third-order valence-corrected chi connectivity index (χ3v) is 12.3. The van der Waals surface area contributed by atoms with Crippen molar-refractivity contribution < 1.29 is 39.1 Å². The van der Waals surface area contributed by atoms with Crippen LogP contribution < -0.4 is 0 Å². The molecule has 6 rings (SSSR count). The van der Waals surface area contributed by atoms with Gasteiger partial charge in [0.15, 0.2) is 6.29 Å². The van der Waals surface area contributed by atoms with Crippen LogP contribution in [0, 0.1) is 34.5 Å². The van der Waals surface area contributed by atoms with E-state index in [-0.39, 0.29) is 34.7 Å². The molecule has 0 amide bonds. The van der Waals surface area contributed by atoms with Gasteiger partial charge in [-0.3, -0.25) is 0 Å². The number of rotatable bonds is 4. The molecule has 0 spiro atoms. The van der Waals surface area contributed by atoms with Gasteiger partial charge in [0, 0.05) is 18.6 Å². The van der Waals surface area contributed by atoms with Crippen LogP contribution in [0.5, 0.6) is 0 Å². The van der Waals surface area contributed by atoms with Crippen LogP contribution in [0.3, 0.4) is 0 Å². The summed E-state index contributed by atoms with van der Waals surface area (Å²) in [5, 5.41) is 33.5. The van der Waals surface area contributed by atoms with Gasteiger partial charge >= 0.3 is 5.97 Å². The molecular formula is C30H46O8. The second kappa shape index (κ2) is 9.52. The topological polar surface area (TPSA) is 115 Å². The average Bonchev–Trinajstić information content (AvgIpc) is 3.43. The molecule has 0 radical (unpaired) electrons. The first kappa shape index (κ1) is 27.2. The van der Waals surface area contributed by atoms with Crippen molar-refractivity contribution in [3.05, 3.63) is 11.6 Å². The zero-order valence-corrected chi connectivity index (χ0v) is 23.3. The Bertz CT molecular complexity index is 968. The number of methoxy groups -OCH3 is 1. The number of fused-ring (bicyclic) bond motifs is 5. The van der Waals surface area contributed by atoms with Crippen molar-refractivity contribution in [3.8, 4) is 0 Å². The fraction of sp³-hybridized carbons (Fsp3) is 0.900. The van der Waals surface area contributed by atoms with Crippen molar-refractivity contribution in [3.63, 3.8) is 0 Å². The van der Waals surface area contributed by atoms with E-state index in [0.717, 1.165) is 63.4 Å². The van der Waals surface area contributed by atoms with Gasteiger partial charge in [0.25, 0.3) is 0 Å². The molecule has 214 valence electrons. The van der Waals surface area contributed by atoms with E-state index in [9.17, 15) is 20.1 Å². The Morgan fingerprint density at radius 3 is 2.50 bits per heavy atom. The molecule has 13 atom stereocenters. The van der Waals surface area contributed by atoms with E-state index in [1.54, 1.807) is 13.0 Å². The van der Waals surface area contributed by atoms with Crippen LogP contribution in [0.1, 0.15) is 78.6 Å². The first-order valence-corrected chi connectivity index (χ1v) is 14.8. The fourth-order valence-corrected chi connectivity index (χ4v) is 10.1. The fourth-order valence-electron chi connectivity index (χ4n) is 10.1. The summed E-state index contributed by atoms with van der Waals surface area (Å²) in [4.78, 5) is 11.8. The highest BCUT2D eigenvalue weighted by molar-refractivity contribution is 5.85. The van der Waals surface area contributed by atoms with Crippen molar-refractivity contribution in [2.75, 3.05) is 13.7 Å². The van der Waals surface area contributed by atoms with Crippen LogP contribution in [0.15, 0.2) is 11.6 Å². The van der Waals surface area contributed by atoms with Gasteiger partial charge in [-0.1, -0.05) is 13.8 Å². The summed E-state index contributed by atoms with van der Waals surface area (Å²) in [5.41, 5.74) is 0.300. The van der Waals surface area contributed by atoms with Gasteiger partial charge in [0.05, 0.1) is 17.8 Å². The maximum atomic E-state index is 12.4. The van der Waals surface area contributed by atoms with Crippen LogP contribution >= 0.6 is 0 Å². The minimum Gasteiger partial charge on any atom is -0.458 e. The van der Waals surface area contributed by atoms with Crippen molar-refractivity contribution in [2.45, 2.75) is 121 Å². The van der Waals surface area contributed by atoms with Gasteiger partial charge in [-0.05, 0) is 99.4 Å². The van der Waals surface area contributed by atoms with Crippen LogP contribution in [0.4, 0.5) is 0 Å². The largest absolute Gasteiger partial charge is 0.458 e. The van der Waals surface area contributed by atoms with E-state index < -0.39 is 36.3 Å². The molecule has 1 saturated heterocycles. The number of hydrogen-bond donors (Lipinski definition) is 3. The molecule has 0 aromatic carbocycles. The summed E-state index contributed by atoms with van der Waals surface area (Å²) in [6.45, 7) is 6.87. The average molecular weight is 535 g/mol. The van der Waals surface area contributed by atoms with Crippen molar-refractivity contribution >= 4 is 5.97 Å². The highest BCUT2D eigenvalue weighted by atomic mass is 16.7. The zero-order chi connectivity index (χ0) is 27.0. The SMILES string of the molecule is COC1C(O)[C@@H](O[C@H]2CC[C@]3(C)C4CC[C@]5(C)[C@@H](C6=CC(=O)OC6)CC[C@]5(O)C4CC[C@H]3C2)OC(C)[C@H]1O. The summed E-state index contributed by atoms with van der Waals surface area (Å²) in [6.07, 6.45) is 6.45. The van der Waals surface area contributed by atoms with E-state index in [0.29, 0.717) is 18.4 Å². The third-order valence-electron chi connectivity index (χ3n) is 12.3. The molecule has 2 heterocycles. The number of ether oxygens (including phenoxy) is 4. The molecule has 3 N–H and O–H groups in total. The molecule has 5 unspecified atom stereocenters. The number of hydrogen-bond acceptors (Lipinski definition) is 8. The Balaban J connectivity index is 1.16. The van der Waals surface area contributed by atoms with Crippen molar-refractivity contribution in [1.82, 2.24) is 0 Å². The second-order valence-corrected chi connectivity index (χ2v) is 13.7. The first-order valence-electron chi connectivity index (χ1n) is 14.8. The standard InChI is InChI=1S/C30H46O8/c1-16-24(32)26(35-4)25(33)27(37-16)38-19-7-10-28(2)18(14-19)5-6-22-21(28)8-11-29(3)20(9-12-30(22,29)34)17-13-23(31)36-15-17/h13,16,18-22,24-27,32-34H,5-12,14-15H2,1-4H3/t16?,18-,19-,20+,21?,22?,24+,25?,26?,27+,28-,29+,30-/m0/s1. The third kappa shape index (κ3) is 3.88. The highest BCUT2D eigenvalue weighted by Gasteiger charge is 2.67. The van der Waals surface area contributed by atoms with Gasteiger partial charge in [0.1, 0.15) is 24.9 Å². The molecule has 2 aliphatic heterocycles. The predicted molar refractivity (Wildman–Crippen MR) is 138 cm³/mol. The molecule has 4 saturated carbocycles. The van der Waals surface area contributed by atoms with Crippen LogP contribution in [-0.2, 0) is 23.7 Å². The molecule has 0 bridgehead atoms. The highest BCUT2D eigenvalue weighted by Crippen LogP contribution is 2.70. The van der Waals surface area contributed by atoms with Crippen LogP contribution in [0.25, 0.3) is 0 Å². The summed E-state index contributed by atoms with van der Waals surface area (Å²) in [5.74, 6) is 1.22. The molecule has 0 aromatic rings. The van der Waals surface area contributed by atoms with E-state index in [2.05, 4.69) is 13.8 Å². The molecule has 5 fully saturated rings. The molecule has 38 heavy (non-hydrogen) atoms. The lowest BCUT2D eigenvalue weighted by Gasteiger charge is -2.64. The van der Waals surface area contributed by atoms with E-state index in [1.165, 1.54) is 7.11 Å². The number of aliphatic hydroxyl groups excluding tert-OH is 2. The number of carbonyl (C=O) groups excluding carboxylic acids is 1. The molecule has 6 aliphatic rings. The maximum absolute atomic E-state index is 12.4. The van der Waals surface area contributed by atoms with Gasteiger partial charge in [-0.25, -0.2) is 4.79 Å². The minimum atomic E-state index is -1.04. The smallest absolute Gasteiger partial charge is 0.331 e. The van der Waals surface area contributed by atoms with Crippen LogP contribution in [0.2, 0.25) is 0 Å². The number of cyclic esters (lactones) is 1. The Hall–Kier alpha value is -1.03. The van der Waals surface area contributed by atoms with E-state index in [1.807, 2.05) is 0 Å². The molecule has 8 nitrogen and oxygen atoms in total. The monoisotopic (exact) mass is 534 g/mol. The number of esters is 1.